The smallest absolute Gasteiger partial charge is 0.348 e. The normalized spacial score (nSPS) is 25.0. The summed E-state index contributed by atoms with van der Waals surface area (Å²) >= 11 is 0. The van der Waals surface area contributed by atoms with E-state index in [1.807, 2.05) is 20.8 Å². The zero-order valence-electron chi connectivity index (χ0n) is 19.1. The SMILES string of the molecule is COP1(=O)N=C(C2=C(O)C(C(C)(C)C)N(CC3CC3)C2=O)Nc2ccc(OCC(N)=O)cc21. The summed E-state index contributed by atoms with van der Waals surface area (Å²) in [5.74, 6) is -0.379. The number of nitrogens with zero attached hydrogens (tertiary/aromatic N) is 2. The maximum absolute atomic E-state index is 13.6. The van der Waals surface area contributed by atoms with Crippen molar-refractivity contribution in [3.05, 3.63) is 29.5 Å². The van der Waals surface area contributed by atoms with Crippen molar-refractivity contribution in [3.8, 4) is 5.75 Å². The molecule has 4 N–H and O–H groups in total. The number of amides is 2. The molecular formula is C22H29N4O6P. The van der Waals surface area contributed by atoms with Crippen molar-refractivity contribution in [2.24, 2.45) is 21.8 Å². The van der Waals surface area contributed by atoms with Crippen LogP contribution in [0.1, 0.15) is 33.6 Å². The van der Waals surface area contributed by atoms with Crippen molar-refractivity contribution in [3.63, 3.8) is 0 Å². The van der Waals surface area contributed by atoms with E-state index in [1.54, 1.807) is 17.0 Å². The average molecular weight is 476 g/mol. The van der Waals surface area contributed by atoms with E-state index in [4.69, 9.17) is 15.0 Å². The maximum Gasteiger partial charge on any atom is 0.348 e. The minimum atomic E-state index is -3.80. The molecule has 1 aromatic rings. The summed E-state index contributed by atoms with van der Waals surface area (Å²) in [5.41, 5.74) is 5.11. The molecule has 10 nitrogen and oxygen atoms in total. The van der Waals surface area contributed by atoms with E-state index in [0.29, 0.717) is 18.2 Å². The second-order valence-electron chi connectivity index (χ2n) is 9.64. The molecule has 2 atom stereocenters. The second kappa shape index (κ2) is 8.18. The highest BCUT2D eigenvalue weighted by molar-refractivity contribution is 7.66. The van der Waals surface area contributed by atoms with Crippen molar-refractivity contribution in [2.45, 2.75) is 39.7 Å². The molecule has 2 unspecified atom stereocenters. The van der Waals surface area contributed by atoms with E-state index in [-0.39, 0.29) is 40.7 Å². The molecule has 0 saturated heterocycles. The number of carbonyl (C=O) groups excluding carboxylic acids is 2. The number of ether oxygens (including phenoxy) is 1. The summed E-state index contributed by atoms with van der Waals surface area (Å²) in [6.07, 6.45) is 2.12. The largest absolute Gasteiger partial charge is 0.509 e. The maximum atomic E-state index is 13.6. The number of nitrogens with two attached hydrogens (primary N) is 1. The van der Waals surface area contributed by atoms with Crippen LogP contribution < -0.4 is 21.1 Å². The quantitative estimate of drug-likeness (QED) is 0.512. The van der Waals surface area contributed by atoms with Gasteiger partial charge in [0.15, 0.2) is 12.4 Å². The van der Waals surface area contributed by atoms with Gasteiger partial charge in [-0.3, -0.25) is 14.2 Å². The Morgan fingerprint density at radius 2 is 2.06 bits per heavy atom. The van der Waals surface area contributed by atoms with Crippen LogP contribution in [-0.2, 0) is 18.7 Å². The Balaban J connectivity index is 1.73. The van der Waals surface area contributed by atoms with Crippen LogP contribution in [0.5, 0.6) is 5.75 Å². The van der Waals surface area contributed by atoms with Crippen LogP contribution in [-0.4, -0.2) is 54.0 Å². The summed E-state index contributed by atoms with van der Waals surface area (Å²) in [7, 11) is -2.54. The van der Waals surface area contributed by atoms with Crippen LogP contribution in [0, 0.1) is 11.3 Å². The topological polar surface area (TPSA) is 144 Å². The van der Waals surface area contributed by atoms with Crippen molar-refractivity contribution in [2.75, 3.05) is 25.6 Å². The van der Waals surface area contributed by atoms with Gasteiger partial charge in [0.25, 0.3) is 11.8 Å². The Kier molecular flexibility index (Phi) is 5.78. The number of anilines is 1. The summed E-state index contributed by atoms with van der Waals surface area (Å²) in [5, 5.41) is 14.4. The number of carbonyl (C=O) groups is 2. The fourth-order valence-electron chi connectivity index (χ4n) is 4.21. The molecule has 11 heteroatoms. The Bertz CT molecular complexity index is 1120. The number of primary amides is 1. The third kappa shape index (κ3) is 4.37. The third-order valence-corrected chi connectivity index (χ3v) is 7.83. The van der Waals surface area contributed by atoms with E-state index in [0.717, 1.165) is 12.8 Å². The number of fused-ring (bicyclic) bond motifs is 1. The van der Waals surface area contributed by atoms with Crippen molar-refractivity contribution in [1.29, 1.82) is 0 Å². The van der Waals surface area contributed by atoms with Gasteiger partial charge in [0.1, 0.15) is 17.1 Å². The Hall–Kier alpha value is -2.84. The van der Waals surface area contributed by atoms with E-state index < -0.39 is 24.9 Å². The van der Waals surface area contributed by atoms with Crippen molar-refractivity contribution >= 4 is 36.2 Å². The van der Waals surface area contributed by atoms with Gasteiger partial charge in [0.05, 0.1) is 17.0 Å². The van der Waals surface area contributed by atoms with E-state index in [1.165, 1.54) is 13.2 Å². The Labute approximate surface area is 192 Å². The number of aliphatic hydroxyl groups is 1. The van der Waals surface area contributed by atoms with Crippen LogP contribution in [0.2, 0.25) is 0 Å². The molecule has 0 aromatic heterocycles. The highest BCUT2D eigenvalue weighted by Gasteiger charge is 2.49. The van der Waals surface area contributed by atoms with Gasteiger partial charge in [-0.2, -0.15) is 4.76 Å². The van der Waals surface area contributed by atoms with Crippen LogP contribution in [0.4, 0.5) is 5.69 Å². The minimum Gasteiger partial charge on any atom is -0.509 e. The van der Waals surface area contributed by atoms with Crippen LogP contribution in [0.15, 0.2) is 34.3 Å². The van der Waals surface area contributed by atoms with Gasteiger partial charge in [-0.1, -0.05) is 20.8 Å². The minimum absolute atomic E-state index is 0.00700. The molecule has 0 spiro atoms. The van der Waals surface area contributed by atoms with Gasteiger partial charge in [-0.25, -0.2) is 0 Å². The predicted molar refractivity (Wildman–Crippen MR) is 124 cm³/mol. The second-order valence-corrected chi connectivity index (χ2v) is 11.7. The zero-order valence-corrected chi connectivity index (χ0v) is 20.0. The highest BCUT2D eigenvalue weighted by atomic mass is 31.2. The first kappa shape index (κ1) is 23.3. The van der Waals surface area contributed by atoms with Crippen LogP contribution in [0.25, 0.3) is 0 Å². The summed E-state index contributed by atoms with van der Waals surface area (Å²) in [4.78, 5) is 26.1. The molecule has 0 radical (unpaired) electrons. The van der Waals surface area contributed by atoms with Gasteiger partial charge in [-0.15, -0.1) is 0 Å². The molecule has 1 saturated carbocycles. The van der Waals surface area contributed by atoms with Gasteiger partial charge >= 0.3 is 7.52 Å². The fraction of sp³-hybridized carbons (Fsp3) is 0.500. The lowest BCUT2D eigenvalue weighted by Gasteiger charge is -2.35. The molecule has 2 amide bonds. The molecule has 1 aromatic carbocycles. The highest BCUT2D eigenvalue weighted by Crippen LogP contribution is 2.52. The standard InChI is InChI=1S/C22H29N4O6P/c1-22(2,3)19-18(28)17(21(29)26(19)10-12-5-6-12)20-24-14-8-7-13(32-11-16(23)27)9-15(14)33(30,25-20)31-4/h7-9,12,19,28H,5-6,10-11H2,1-4H3,(H2,23,27)(H,24,25,30). The lowest BCUT2D eigenvalue weighted by molar-refractivity contribution is -0.128. The number of amidine groups is 1. The third-order valence-electron chi connectivity index (χ3n) is 5.90. The Morgan fingerprint density at radius 3 is 2.64 bits per heavy atom. The van der Waals surface area contributed by atoms with Crippen LogP contribution in [0.3, 0.4) is 0 Å². The Morgan fingerprint density at radius 1 is 1.36 bits per heavy atom. The first-order valence-electron chi connectivity index (χ1n) is 10.8. The van der Waals surface area contributed by atoms with E-state index in [9.17, 15) is 19.3 Å². The number of hydrogen-bond acceptors (Lipinski definition) is 7. The number of hydrogen-bond donors (Lipinski definition) is 3. The molecular weight excluding hydrogens is 447 g/mol. The molecule has 178 valence electrons. The molecule has 0 bridgehead atoms. The lowest BCUT2D eigenvalue weighted by Crippen LogP contribution is -2.45. The molecule has 4 rings (SSSR count). The predicted octanol–water partition coefficient (Wildman–Crippen LogP) is 2.32. The first-order valence-corrected chi connectivity index (χ1v) is 12.4. The van der Waals surface area contributed by atoms with Crippen molar-refractivity contribution in [1.82, 2.24) is 4.90 Å². The van der Waals surface area contributed by atoms with Gasteiger partial charge in [0.2, 0.25) is 0 Å². The van der Waals surface area contributed by atoms with Crippen molar-refractivity contribution < 1.29 is 28.5 Å². The number of aliphatic hydroxyl groups excluding tert-OH is 1. The lowest BCUT2D eigenvalue weighted by atomic mass is 9.85. The summed E-state index contributed by atoms with van der Waals surface area (Å²) < 4.78 is 28.5. The summed E-state index contributed by atoms with van der Waals surface area (Å²) in [6.45, 7) is 6.11. The number of benzene rings is 1. The molecule has 2 aliphatic heterocycles. The number of rotatable bonds is 7. The fourth-order valence-corrected chi connectivity index (χ4v) is 5.73. The van der Waals surface area contributed by atoms with E-state index in [2.05, 4.69) is 10.1 Å². The monoisotopic (exact) mass is 476 g/mol. The molecule has 33 heavy (non-hydrogen) atoms. The molecule has 1 aliphatic carbocycles. The molecule has 1 fully saturated rings. The molecule has 2 heterocycles. The summed E-state index contributed by atoms with van der Waals surface area (Å²) in [6, 6.07) is 4.10. The van der Waals surface area contributed by atoms with Gasteiger partial charge < -0.3 is 30.3 Å². The van der Waals surface area contributed by atoms with Gasteiger partial charge in [0, 0.05) is 13.7 Å². The van der Waals surface area contributed by atoms with E-state index >= 15 is 0 Å². The van der Waals surface area contributed by atoms with Gasteiger partial charge in [-0.05, 0) is 42.4 Å². The zero-order chi connectivity index (χ0) is 24.1. The average Bonchev–Trinajstić information content (AvgIpc) is 3.51. The van der Waals surface area contributed by atoms with Crippen LogP contribution >= 0.6 is 7.52 Å². The number of nitrogens with one attached hydrogen (secondary N) is 1. The first-order chi connectivity index (χ1) is 15.4. The molecule has 3 aliphatic rings.